The molecular weight excluding hydrogens is 393 g/mol. The molecule has 0 spiro atoms. The van der Waals surface area contributed by atoms with Gasteiger partial charge in [0, 0.05) is 0 Å². The summed E-state index contributed by atoms with van der Waals surface area (Å²) in [5, 5.41) is 18.4. The van der Waals surface area contributed by atoms with Crippen LogP contribution in [0, 0.1) is 0 Å². The molecular formula is C16H15F3N8O2. The number of nitrogens with one attached hydrogen (secondary N) is 1. The summed E-state index contributed by atoms with van der Waals surface area (Å²) in [4.78, 5) is 12.4. The standard InChI is InChI=1S/C16H15F3N8O2/c1-2-4-11-12(22-26-27(11)14-13(20)24-29-25-14)15(28)23-21-8-9-5-3-6-10(7-9)16(17,18)19/h3,5-8H,2,4H2,1H3,(H2,20,24)(H,23,28). The number of anilines is 1. The zero-order chi connectivity index (χ0) is 21.0. The maximum Gasteiger partial charge on any atom is 0.416 e. The molecule has 13 heteroatoms. The number of halogens is 3. The lowest BCUT2D eigenvalue weighted by Gasteiger charge is -2.06. The Labute approximate surface area is 161 Å². The van der Waals surface area contributed by atoms with Gasteiger partial charge in [-0.05, 0) is 34.4 Å². The van der Waals surface area contributed by atoms with E-state index in [1.165, 1.54) is 16.8 Å². The van der Waals surface area contributed by atoms with Crippen LogP contribution in [-0.2, 0) is 12.6 Å². The molecule has 3 N–H and O–H groups in total. The summed E-state index contributed by atoms with van der Waals surface area (Å²) in [5.74, 6) is -0.632. The van der Waals surface area contributed by atoms with Gasteiger partial charge in [0.15, 0.2) is 5.69 Å². The fourth-order valence-corrected chi connectivity index (χ4v) is 2.46. The number of amides is 1. The Morgan fingerprint density at radius 1 is 1.38 bits per heavy atom. The van der Waals surface area contributed by atoms with Crippen LogP contribution in [0.5, 0.6) is 0 Å². The second-order valence-corrected chi connectivity index (χ2v) is 5.84. The average Bonchev–Trinajstić information content (AvgIpc) is 3.27. The fourth-order valence-electron chi connectivity index (χ4n) is 2.46. The molecule has 3 aromatic rings. The lowest BCUT2D eigenvalue weighted by Crippen LogP contribution is -2.20. The number of alkyl halides is 3. The number of benzene rings is 1. The van der Waals surface area contributed by atoms with Gasteiger partial charge in [0.2, 0.25) is 11.6 Å². The molecule has 0 fully saturated rings. The minimum atomic E-state index is -4.47. The second kappa shape index (κ2) is 8.08. The van der Waals surface area contributed by atoms with E-state index in [1.54, 1.807) is 0 Å². The molecule has 0 saturated heterocycles. The summed E-state index contributed by atoms with van der Waals surface area (Å²) < 4.78 is 44.0. The van der Waals surface area contributed by atoms with Gasteiger partial charge in [-0.3, -0.25) is 4.79 Å². The molecule has 0 unspecified atom stereocenters. The minimum absolute atomic E-state index is 0.0261. The van der Waals surface area contributed by atoms with Gasteiger partial charge in [0.1, 0.15) is 0 Å². The average molecular weight is 408 g/mol. The van der Waals surface area contributed by atoms with Crippen LogP contribution in [0.25, 0.3) is 5.82 Å². The number of nitrogens with two attached hydrogens (primary N) is 1. The van der Waals surface area contributed by atoms with Crippen molar-refractivity contribution in [2.45, 2.75) is 25.9 Å². The van der Waals surface area contributed by atoms with E-state index in [0.29, 0.717) is 18.5 Å². The molecule has 2 aromatic heterocycles. The first-order valence-electron chi connectivity index (χ1n) is 8.35. The van der Waals surface area contributed by atoms with E-state index in [4.69, 9.17) is 5.73 Å². The largest absolute Gasteiger partial charge is 0.416 e. The molecule has 10 nitrogen and oxygen atoms in total. The van der Waals surface area contributed by atoms with Gasteiger partial charge in [-0.2, -0.15) is 23.0 Å². The van der Waals surface area contributed by atoms with E-state index in [2.05, 4.69) is 35.8 Å². The number of carbonyl (C=O) groups is 1. The lowest BCUT2D eigenvalue weighted by atomic mass is 10.1. The van der Waals surface area contributed by atoms with Crippen molar-refractivity contribution in [1.82, 2.24) is 30.7 Å². The third-order valence-corrected chi connectivity index (χ3v) is 3.75. The Bertz CT molecular complexity index is 1040. The summed E-state index contributed by atoms with van der Waals surface area (Å²) in [6.07, 6.45) is -2.30. The third-order valence-electron chi connectivity index (χ3n) is 3.75. The number of hydrazone groups is 1. The molecule has 0 atom stereocenters. The van der Waals surface area contributed by atoms with Crippen molar-refractivity contribution >= 4 is 17.9 Å². The van der Waals surface area contributed by atoms with Crippen LogP contribution in [0.2, 0.25) is 0 Å². The van der Waals surface area contributed by atoms with E-state index in [9.17, 15) is 18.0 Å². The molecule has 0 aliphatic heterocycles. The van der Waals surface area contributed by atoms with Crippen LogP contribution >= 0.6 is 0 Å². The first-order chi connectivity index (χ1) is 13.8. The van der Waals surface area contributed by atoms with Gasteiger partial charge in [0.25, 0.3) is 5.91 Å². The van der Waals surface area contributed by atoms with Gasteiger partial charge in [-0.15, -0.1) is 5.10 Å². The third kappa shape index (κ3) is 4.39. The number of carbonyl (C=O) groups excluding carboxylic acids is 1. The molecule has 0 radical (unpaired) electrons. The Hall–Kier alpha value is -3.77. The molecule has 2 heterocycles. The zero-order valence-electron chi connectivity index (χ0n) is 15.0. The summed E-state index contributed by atoms with van der Waals surface area (Å²) in [5.41, 5.74) is 7.59. The number of rotatable bonds is 6. The van der Waals surface area contributed by atoms with E-state index in [1.807, 2.05) is 6.92 Å². The Balaban J connectivity index is 1.79. The Morgan fingerprint density at radius 2 is 2.17 bits per heavy atom. The van der Waals surface area contributed by atoms with Crippen LogP contribution in [0.4, 0.5) is 19.0 Å². The summed E-state index contributed by atoms with van der Waals surface area (Å²) in [6.45, 7) is 1.88. The Kier molecular flexibility index (Phi) is 5.57. The van der Waals surface area contributed by atoms with Crippen molar-refractivity contribution in [3.63, 3.8) is 0 Å². The van der Waals surface area contributed by atoms with Crippen molar-refractivity contribution in [3.8, 4) is 5.82 Å². The quantitative estimate of drug-likeness (QED) is 0.470. The molecule has 29 heavy (non-hydrogen) atoms. The highest BCUT2D eigenvalue weighted by atomic mass is 19.4. The van der Waals surface area contributed by atoms with E-state index < -0.39 is 17.6 Å². The van der Waals surface area contributed by atoms with Crippen LogP contribution in [0.1, 0.15) is 40.7 Å². The predicted octanol–water partition coefficient (Wildman–Crippen LogP) is 1.97. The van der Waals surface area contributed by atoms with Crippen molar-refractivity contribution in [2.24, 2.45) is 5.10 Å². The molecule has 0 bridgehead atoms. The molecule has 0 aliphatic carbocycles. The molecule has 3 rings (SSSR count). The van der Waals surface area contributed by atoms with E-state index in [-0.39, 0.29) is 22.9 Å². The predicted molar refractivity (Wildman–Crippen MR) is 94.1 cm³/mol. The number of nitrogen functional groups attached to an aromatic ring is 1. The van der Waals surface area contributed by atoms with E-state index >= 15 is 0 Å². The molecule has 0 aliphatic rings. The van der Waals surface area contributed by atoms with Gasteiger partial charge in [0.05, 0.1) is 17.5 Å². The molecule has 1 aromatic carbocycles. The first-order valence-corrected chi connectivity index (χ1v) is 8.35. The van der Waals surface area contributed by atoms with Crippen molar-refractivity contribution in [2.75, 3.05) is 5.73 Å². The van der Waals surface area contributed by atoms with Gasteiger partial charge in [-0.25, -0.2) is 10.1 Å². The van der Waals surface area contributed by atoms with Crippen molar-refractivity contribution in [3.05, 3.63) is 46.8 Å². The number of hydrogen-bond donors (Lipinski definition) is 2. The minimum Gasteiger partial charge on any atom is -0.378 e. The molecule has 0 saturated carbocycles. The van der Waals surface area contributed by atoms with Gasteiger partial charge >= 0.3 is 6.18 Å². The second-order valence-electron chi connectivity index (χ2n) is 5.84. The van der Waals surface area contributed by atoms with Crippen molar-refractivity contribution < 1.29 is 22.6 Å². The van der Waals surface area contributed by atoms with E-state index in [0.717, 1.165) is 18.3 Å². The van der Waals surface area contributed by atoms with Crippen molar-refractivity contribution in [1.29, 1.82) is 0 Å². The number of nitrogens with zero attached hydrogens (tertiary/aromatic N) is 6. The highest BCUT2D eigenvalue weighted by molar-refractivity contribution is 5.94. The smallest absolute Gasteiger partial charge is 0.378 e. The summed E-state index contributed by atoms with van der Waals surface area (Å²) in [7, 11) is 0. The molecule has 1 amide bonds. The lowest BCUT2D eigenvalue weighted by molar-refractivity contribution is -0.137. The van der Waals surface area contributed by atoms with Crippen LogP contribution in [-0.4, -0.2) is 37.4 Å². The van der Waals surface area contributed by atoms with Gasteiger partial charge in [-0.1, -0.05) is 30.7 Å². The SMILES string of the molecule is CCCc1c(C(=O)NN=Cc2cccc(C(F)(F)F)c2)nnn1-c1nonc1N. The highest BCUT2D eigenvalue weighted by Crippen LogP contribution is 2.29. The summed E-state index contributed by atoms with van der Waals surface area (Å²) >= 11 is 0. The fraction of sp³-hybridized carbons (Fsp3) is 0.250. The van der Waals surface area contributed by atoms with Crippen LogP contribution in [0.15, 0.2) is 34.0 Å². The Morgan fingerprint density at radius 3 is 2.83 bits per heavy atom. The maximum atomic E-state index is 12.7. The summed E-state index contributed by atoms with van der Waals surface area (Å²) in [6, 6.07) is 4.52. The van der Waals surface area contributed by atoms with Crippen LogP contribution < -0.4 is 11.2 Å². The monoisotopic (exact) mass is 408 g/mol. The topological polar surface area (TPSA) is 137 Å². The van der Waals surface area contributed by atoms with Crippen LogP contribution in [0.3, 0.4) is 0 Å². The maximum absolute atomic E-state index is 12.7. The first kappa shape index (κ1) is 20.0. The zero-order valence-corrected chi connectivity index (χ0v) is 15.0. The highest BCUT2D eigenvalue weighted by Gasteiger charge is 2.30. The number of hydrogen-bond acceptors (Lipinski definition) is 8. The number of aromatic nitrogens is 5. The van der Waals surface area contributed by atoms with Gasteiger partial charge < -0.3 is 5.73 Å². The molecule has 152 valence electrons. The normalized spacial score (nSPS) is 11.9.